The fourth-order valence-corrected chi connectivity index (χ4v) is 6.11. The van der Waals surface area contributed by atoms with Gasteiger partial charge in [-0.15, -0.1) is 16.1 Å². The summed E-state index contributed by atoms with van der Waals surface area (Å²) >= 11 is 0.497. The van der Waals surface area contributed by atoms with E-state index in [1.165, 1.54) is 0 Å². The molecule has 0 fully saturated rings. The molecule has 202 valence electrons. The van der Waals surface area contributed by atoms with Crippen LogP contribution in [0.2, 0.25) is 0 Å². The Morgan fingerprint density at radius 2 is 1.95 bits per heavy atom. The lowest BCUT2D eigenvalue weighted by atomic mass is 10.0. The number of nitrogens with one attached hydrogen (secondary N) is 1. The summed E-state index contributed by atoms with van der Waals surface area (Å²) < 4.78 is 32.8. The highest BCUT2D eigenvalue weighted by atomic mass is 32.2. The van der Waals surface area contributed by atoms with Crippen LogP contribution in [0.3, 0.4) is 0 Å². The van der Waals surface area contributed by atoms with E-state index in [-0.39, 0.29) is 23.2 Å². The Morgan fingerprint density at radius 3 is 2.68 bits per heavy atom. The highest BCUT2D eigenvalue weighted by Gasteiger charge is 2.30. The summed E-state index contributed by atoms with van der Waals surface area (Å²) in [6, 6.07) is 15.8. The summed E-state index contributed by atoms with van der Waals surface area (Å²) in [4.78, 5) is 13.2. The van der Waals surface area contributed by atoms with Crippen molar-refractivity contribution in [3.05, 3.63) is 76.2 Å². The van der Waals surface area contributed by atoms with E-state index in [1.54, 1.807) is 24.5 Å². The number of ether oxygens (including phenoxy) is 2. The van der Waals surface area contributed by atoms with E-state index >= 15 is 0 Å². The molecule has 0 bridgehead atoms. The molecule has 0 saturated carbocycles. The fraction of sp³-hybridized carbons (Fsp3) is 0.367. The van der Waals surface area contributed by atoms with Crippen LogP contribution >= 0.6 is 11.3 Å². The molecule has 4 aromatic rings. The number of thiophene rings is 1. The Hall–Kier alpha value is -2.78. The smallest absolute Gasteiger partial charge is 0.310 e. The largest absolute Gasteiger partial charge is 0.598 e. The average Bonchev–Trinajstić information content (AvgIpc) is 3.56. The second-order valence-electron chi connectivity index (χ2n) is 10.1. The molecule has 2 aromatic heterocycles. The SMILES string of the molecule is CCOC(=O)Cc1ccccc1OCc1cc(-c2csc(C(CC)N[S+]([O-])C(C)(C)C)c2)c2occc2c1. The molecule has 4 rings (SSSR count). The van der Waals surface area contributed by atoms with Gasteiger partial charge in [0.1, 0.15) is 22.7 Å². The minimum Gasteiger partial charge on any atom is -0.598 e. The van der Waals surface area contributed by atoms with Gasteiger partial charge in [-0.25, -0.2) is 0 Å². The third-order valence-corrected chi connectivity index (χ3v) is 8.76. The maximum atomic E-state index is 12.7. The highest BCUT2D eigenvalue weighted by molar-refractivity contribution is 7.90. The first-order chi connectivity index (χ1) is 18.2. The van der Waals surface area contributed by atoms with Gasteiger partial charge in [-0.1, -0.05) is 25.1 Å². The van der Waals surface area contributed by atoms with E-state index in [1.807, 2.05) is 51.1 Å². The minimum absolute atomic E-state index is 0.00307. The third kappa shape index (κ3) is 6.80. The molecule has 1 N–H and O–H groups in total. The summed E-state index contributed by atoms with van der Waals surface area (Å²) in [5.41, 5.74) is 4.65. The molecule has 8 heteroatoms. The number of carbonyl (C=O) groups is 1. The first kappa shape index (κ1) is 28.2. The number of benzene rings is 2. The van der Waals surface area contributed by atoms with Crippen LogP contribution < -0.4 is 9.46 Å². The van der Waals surface area contributed by atoms with Crippen molar-refractivity contribution in [1.29, 1.82) is 0 Å². The molecule has 0 amide bonds. The van der Waals surface area contributed by atoms with E-state index in [4.69, 9.17) is 13.9 Å². The molecule has 0 saturated heterocycles. The predicted octanol–water partition coefficient (Wildman–Crippen LogP) is 7.35. The second kappa shape index (κ2) is 12.4. The number of esters is 1. The topological polar surface area (TPSA) is 83.8 Å². The van der Waals surface area contributed by atoms with Crippen molar-refractivity contribution in [2.24, 2.45) is 0 Å². The Labute approximate surface area is 231 Å². The minimum atomic E-state index is -1.16. The van der Waals surface area contributed by atoms with Crippen molar-refractivity contribution >= 4 is 39.6 Å². The van der Waals surface area contributed by atoms with Crippen LogP contribution in [0.1, 0.15) is 63.1 Å². The number of carbonyl (C=O) groups excluding carboxylic acids is 1. The number of para-hydroxylation sites is 1. The van der Waals surface area contributed by atoms with E-state index in [9.17, 15) is 9.35 Å². The molecule has 0 aliphatic rings. The monoisotopic (exact) mass is 553 g/mol. The molecule has 0 radical (unpaired) electrons. The lowest BCUT2D eigenvalue weighted by Gasteiger charge is -2.27. The summed E-state index contributed by atoms with van der Waals surface area (Å²) in [6.45, 7) is 10.5. The number of hydrogen-bond acceptors (Lipinski definition) is 7. The zero-order valence-corrected chi connectivity index (χ0v) is 24.2. The Balaban J connectivity index is 1.57. The van der Waals surface area contributed by atoms with Crippen molar-refractivity contribution in [1.82, 2.24) is 4.72 Å². The molecule has 38 heavy (non-hydrogen) atoms. The van der Waals surface area contributed by atoms with Gasteiger partial charge < -0.3 is 18.4 Å². The third-order valence-electron chi connectivity index (χ3n) is 6.11. The van der Waals surface area contributed by atoms with Crippen molar-refractivity contribution < 1.29 is 23.2 Å². The number of fused-ring (bicyclic) bond motifs is 1. The molecule has 2 atom stereocenters. The number of furan rings is 1. The van der Waals surface area contributed by atoms with Crippen LogP contribution in [0, 0.1) is 0 Å². The quantitative estimate of drug-likeness (QED) is 0.154. The Morgan fingerprint density at radius 1 is 1.16 bits per heavy atom. The maximum absolute atomic E-state index is 12.7. The van der Waals surface area contributed by atoms with Gasteiger partial charge in [0, 0.05) is 32.8 Å². The maximum Gasteiger partial charge on any atom is 0.310 e. The predicted molar refractivity (Wildman–Crippen MR) is 155 cm³/mol. The molecule has 2 aromatic carbocycles. The molecular formula is C30H35NO5S2. The van der Waals surface area contributed by atoms with Gasteiger partial charge in [-0.05, 0) is 81.0 Å². The normalized spacial score (nSPS) is 13.4. The van der Waals surface area contributed by atoms with Gasteiger partial charge in [0.05, 0.1) is 25.3 Å². The lowest BCUT2D eigenvalue weighted by molar-refractivity contribution is -0.142. The molecular weight excluding hydrogens is 518 g/mol. The first-order valence-electron chi connectivity index (χ1n) is 12.8. The molecule has 2 heterocycles. The van der Waals surface area contributed by atoms with Crippen LogP contribution in [0.5, 0.6) is 5.75 Å². The van der Waals surface area contributed by atoms with E-state index in [2.05, 4.69) is 35.2 Å². The fourth-order valence-electron chi connectivity index (χ4n) is 4.09. The van der Waals surface area contributed by atoms with Gasteiger partial charge in [-0.2, -0.15) is 0 Å². The summed E-state index contributed by atoms with van der Waals surface area (Å²) in [5, 5.41) is 3.11. The number of hydrogen-bond donors (Lipinski definition) is 1. The van der Waals surface area contributed by atoms with Crippen molar-refractivity contribution in [3.63, 3.8) is 0 Å². The summed E-state index contributed by atoms with van der Waals surface area (Å²) in [7, 11) is 0. The molecule has 0 aliphatic heterocycles. The van der Waals surface area contributed by atoms with Crippen molar-refractivity contribution in [2.75, 3.05) is 6.61 Å². The van der Waals surface area contributed by atoms with E-state index in [0.29, 0.717) is 19.0 Å². The molecule has 0 aliphatic carbocycles. The van der Waals surface area contributed by atoms with Crippen LogP contribution in [0.15, 0.2) is 64.6 Å². The zero-order valence-electron chi connectivity index (χ0n) is 22.5. The van der Waals surface area contributed by atoms with E-state index in [0.717, 1.165) is 44.5 Å². The van der Waals surface area contributed by atoms with Gasteiger partial charge in [0.25, 0.3) is 0 Å². The second-order valence-corrected chi connectivity index (χ2v) is 13.0. The van der Waals surface area contributed by atoms with Crippen molar-refractivity contribution in [3.8, 4) is 16.9 Å². The molecule has 0 spiro atoms. The van der Waals surface area contributed by atoms with Gasteiger partial charge >= 0.3 is 5.97 Å². The lowest BCUT2D eigenvalue weighted by Crippen LogP contribution is -2.40. The molecule has 6 nitrogen and oxygen atoms in total. The van der Waals surface area contributed by atoms with Crippen LogP contribution in [0.25, 0.3) is 22.1 Å². The number of rotatable bonds is 11. The summed E-state index contributed by atoms with van der Waals surface area (Å²) in [5.74, 6) is 0.390. The van der Waals surface area contributed by atoms with Crippen LogP contribution in [-0.2, 0) is 33.9 Å². The van der Waals surface area contributed by atoms with Gasteiger partial charge in [-0.3, -0.25) is 4.79 Å². The van der Waals surface area contributed by atoms with Gasteiger partial charge in [0.15, 0.2) is 0 Å². The van der Waals surface area contributed by atoms with Gasteiger partial charge in [0.2, 0.25) is 0 Å². The van der Waals surface area contributed by atoms with Crippen LogP contribution in [0.4, 0.5) is 0 Å². The Kier molecular flexibility index (Phi) is 9.20. The Bertz CT molecular complexity index is 1370. The zero-order chi connectivity index (χ0) is 27.3. The molecule has 2 unspecified atom stereocenters. The standard InChI is InChI=1S/C30H35NO5S2/c1-6-25(31-38(33)30(3,4)5)27-16-23(19-37-27)24-15-20(14-22-12-13-35-29(22)24)18-36-26-11-9-8-10-21(26)17-28(32)34-7-2/h8-16,19,25,31H,6-7,17-18H2,1-5H3. The van der Waals surface area contributed by atoms with Crippen LogP contribution in [-0.4, -0.2) is 21.9 Å². The average molecular weight is 554 g/mol. The van der Waals surface area contributed by atoms with E-state index < -0.39 is 11.4 Å². The first-order valence-corrected chi connectivity index (χ1v) is 14.9. The van der Waals surface area contributed by atoms with Crippen molar-refractivity contribution in [2.45, 2.75) is 64.9 Å². The summed E-state index contributed by atoms with van der Waals surface area (Å²) in [6.07, 6.45) is 2.70. The highest BCUT2D eigenvalue weighted by Crippen LogP contribution is 2.37.